The summed E-state index contributed by atoms with van der Waals surface area (Å²) >= 11 is 0. The van der Waals surface area contributed by atoms with E-state index in [1.165, 1.54) is 12.1 Å². The van der Waals surface area contributed by atoms with E-state index in [2.05, 4.69) is 0 Å². The fourth-order valence-corrected chi connectivity index (χ4v) is 1.54. The summed E-state index contributed by atoms with van der Waals surface area (Å²) < 4.78 is 49.5. The molecule has 19 heavy (non-hydrogen) atoms. The van der Waals surface area contributed by atoms with Crippen LogP contribution in [-0.2, 0) is 4.79 Å². The van der Waals surface area contributed by atoms with E-state index in [1.54, 1.807) is 0 Å². The summed E-state index contributed by atoms with van der Waals surface area (Å²) in [5, 5.41) is 0. The van der Waals surface area contributed by atoms with Gasteiger partial charge in [-0.05, 0) is 37.2 Å². The molecular weight excluding hydrogens is 264 g/mol. The van der Waals surface area contributed by atoms with Crippen molar-refractivity contribution in [2.75, 3.05) is 18.0 Å². The fraction of sp³-hybridized carbons (Fsp3) is 0.417. The summed E-state index contributed by atoms with van der Waals surface area (Å²) in [7, 11) is 0. The van der Waals surface area contributed by atoms with E-state index < -0.39 is 24.3 Å². The first-order valence-electron chi connectivity index (χ1n) is 5.66. The Kier molecular flexibility index (Phi) is 5.29. The summed E-state index contributed by atoms with van der Waals surface area (Å²) in [6.07, 6.45) is -5.76. The molecule has 1 amide bonds. The predicted octanol–water partition coefficient (Wildman–Crippen LogP) is 2.46. The lowest BCUT2D eigenvalue weighted by atomic mass is 10.2. The molecule has 0 aliphatic carbocycles. The van der Waals surface area contributed by atoms with E-state index in [0.717, 1.165) is 17.0 Å². The number of rotatable bonds is 5. The van der Waals surface area contributed by atoms with Gasteiger partial charge in [0.2, 0.25) is 5.91 Å². The van der Waals surface area contributed by atoms with Gasteiger partial charge in [-0.25, -0.2) is 4.39 Å². The second kappa shape index (κ2) is 6.51. The van der Waals surface area contributed by atoms with Crippen molar-refractivity contribution in [3.05, 3.63) is 30.1 Å². The summed E-state index contributed by atoms with van der Waals surface area (Å²) in [5.41, 5.74) is 5.51. The van der Waals surface area contributed by atoms with Gasteiger partial charge >= 0.3 is 6.18 Å². The maximum Gasteiger partial charge on any atom is 0.397 e. The summed E-state index contributed by atoms with van der Waals surface area (Å²) in [6, 6.07) is 4.71. The molecule has 0 spiro atoms. The smallest absolute Gasteiger partial charge is 0.330 e. The van der Waals surface area contributed by atoms with Gasteiger partial charge < -0.3 is 10.6 Å². The molecule has 0 fully saturated rings. The SMILES string of the molecule is NCCCN(C(=O)CC(F)(F)F)c1ccc(F)cc1. The molecule has 0 aliphatic heterocycles. The fourth-order valence-electron chi connectivity index (χ4n) is 1.54. The van der Waals surface area contributed by atoms with Gasteiger partial charge in [0.25, 0.3) is 0 Å². The molecule has 0 aromatic heterocycles. The molecule has 0 radical (unpaired) electrons. The standard InChI is InChI=1S/C12H14F4N2O/c13-9-2-4-10(5-3-9)18(7-1-6-17)11(19)8-12(14,15)16/h2-5H,1,6-8,17H2. The molecule has 7 heteroatoms. The molecule has 0 saturated carbocycles. The lowest BCUT2D eigenvalue weighted by Crippen LogP contribution is -2.35. The first-order chi connectivity index (χ1) is 8.83. The first-order valence-corrected chi connectivity index (χ1v) is 5.66. The number of nitrogens with zero attached hydrogens (tertiary/aromatic N) is 1. The minimum atomic E-state index is -4.57. The van der Waals surface area contributed by atoms with Crippen LogP contribution in [0.15, 0.2) is 24.3 Å². The normalized spacial score (nSPS) is 11.4. The molecule has 0 bridgehead atoms. The maximum absolute atomic E-state index is 12.8. The quantitative estimate of drug-likeness (QED) is 0.841. The minimum absolute atomic E-state index is 0.0665. The van der Waals surface area contributed by atoms with Crippen LogP contribution in [0.25, 0.3) is 0 Å². The van der Waals surface area contributed by atoms with Crippen LogP contribution < -0.4 is 10.6 Å². The van der Waals surface area contributed by atoms with Crippen LogP contribution in [0.2, 0.25) is 0 Å². The van der Waals surface area contributed by atoms with E-state index in [9.17, 15) is 22.4 Å². The molecule has 2 N–H and O–H groups in total. The van der Waals surface area contributed by atoms with E-state index in [-0.39, 0.29) is 18.8 Å². The lowest BCUT2D eigenvalue weighted by Gasteiger charge is -2.23. The highest BCUT2D eigenvalue weighted by molar-refractivity contribution is 5.93. The van der Waals surface area contributed by atoms with E-state index in [4.69, 9.17) is 5.73 Å². The number of amides is 1. The third-order valence-corrected chi connectivity index (χ3v) is 2.38. The third-order valence-electron chi connectivity index (χ3n) is 2.38. The highest BCUT2D eigenvalue weighted by Gasteiger charge is 2.33. The Balaban J connectivity index is 2.87. The molecular formula is C12H14F4N2O. The van der Waals surface area contributed by atoms with Gasteiger partial charge in [-0.2, -0.15) is 13.2 Å². The lowest BCUT2D eigenvalue weighted by molar-refractivity contribution is -0.151. The number of anilines is 1. The first kappa shape index (κ1) is 15.4. The Bertz CT molecular complexity index is 417. The van der Waals surface area contributed by atoms with Crippen LogP contribution in [0.3, 0.4) is 0 Å². The Labute approximate surface area is 108 Å². The van der Waals surface area contributed by atoms with Gasteiger partial charge in [-0.1, -0.05) is 0 Å². The van der Waals surface area contributed by atoms with Crippen molar-refractivity contribution in [2.45, 2.75) is 19.0 Å². The zero-order valence-corrected chi connectivity index (χ0v) is 10.1. The number of hydrogen-bond acceptors (Lipinski definition) is 2. The number of carbonyl (C=O) groups excluding carboxylic acids is 1. The molecule has 0 atom stereocenters. The van der Waals surface area contributed by atoms with Gasteiger partial charge in [0.15, 0.2) is 0 Å². The molecule has 3 nitrogen and oxygen atoms in total. The van der Waals surface area contributed by atoms with Gasteiger partial charge in [0, 0.05) is 12.2 Å². The number of benzene rings is 1. The third kappa shape index (κ3) is 5.25. The molecule has 106 valence electrons. The molecule has 1 rings (SSSR count). The van der Waals surface area contributed by atoms with Crippen LogP contribution in [0.5, 0.6) is 0 Å². The molecule has 0 aliphatic rings. The predicted molar refractivity (Wildman–Crippen MR) is 63.1 cm³/mol. The Morgan fingerprint density at radius 1 is 1.21 bits per heavy atom. The topological polar surface area (TPSA) is 46.3 Å². The van der Waals surface area contributed by atoms with Crippen molar-refractivity contribution in [1.82, 2.24) is 0 Å². The molecule has 0 saturated heterocycles. The van der Waals surface area contributed by atoms with Gasteiger partial charge in [-0.15, -0.1) is 0 Å². The van der Waals surface area contributed by atoms with Crippen LogP contribution in [0, 0.1) is 5.82 Å². The number of hydrogen-bond donors (Lipinski definition) is 1. The van der Waals surface area contributed by atoms with Crippen LogP contribution in [0.4, 0.5) is 23.2 Å². The second-order valence-electron chi connectivity index (χ2n) is 3.96. The van der Waals surface area contributed by atoms with Crippen molar-refractivity contribution < 1.29 is 22.4 Å². The average molecular weight is 278 g/mol. The van der Waals surface area contributed by atoms with Crippen LogP contribution in [0.1, 0.15) is 12.8 Å². The van der Waals surface area contributed by atoms with Crippen LogP contribution >= 0.6 is 0 Å². The number of alkyl halides is 3. The van der Waals surface area contributed by atoms with Gasteiger partial charge in [0.05, 0.1) is 0 Å². The van der Waals surface area contributed by atoms with Gasteiger partial charge in [-0.3, -0.25) is 4.79 Å². The van der Waals surface area contributed by atoms with Gasteiger partial charge in [0.1, 0.15) is 12.2 Å². The highest BCUT2D eigenvalue weighted by atomic mass is 19.4. The molecule has 1 aromatic carbocycles. The molecule has 0 unspecified atom stereocenters. The zero-order chi connectivity index (χ0) is 14.5. The van der Waals surface area contributed by atoms with E-state index in [1.807, 2.05) is 0 Å². The van der Waals surface area contributed by atoms with Crippen molar-refractivity contribution in [3.8, 4) is 0 Å². The Hall–Kier alpha value is -1.63. The van der Waals surface area contributed by atoms with E-state index in [0.29, 0.717) is 6.42 Å². The number of halogens is 4. The Morgan fingerprint density at radius 3 is 2.26 bits per heavy atom. The van der Waals surface area contributed by atoms with Crippen molar-refractivity contribution >= 4 is 11.6 Å². The van der Waals surface area contributed by atoms with Crippen molar-refractivity contribution in [3.63, 3.8) is 0 Å². The highest BCUT2D eigenvalue weighted by Crippen LogP contribution is 2.23. The van der Waals surface area contributed by atoms with Crippen molar-refractivity contribution in [1.29, 1.82) is 0 Å². The maximum atomic E-state index is 12.8. The zero-order valence-electron chi connectivity index (χ0n) is 10.1. The monoisotopic (exact) mass is 278 g/mol. The largest absolute Gasteiger partial charge is 0.397 e. The molecule has 1 aromatic rings. The summed E-state index contributed by atoms with van der Waals surface area (Å²) in [6.45, 7) is 0.314. The minimum Gasteiger partial charge on any atom is -0.330 e. The van der Waals surface area contributed by atoms with E-state index >= 15 is 0 Å². The number of carbonyl (C=O) groups is 1. The summed E-state index contributed by atoms with van der Waals surface area (Å²) in [5.74, 6) is -1.60. The summed E-state index contributed by atoms with van der Waals surface area (Å²) in [4.78, 5) is 12.6. The number of nitrogens with two attached hydrogens (primary N) is 1. The average Bonchev–Trinajstić information content (AvgIpc) is 2.29. The Morgan fingerprint density at radius 2 is 1.79 bits per heavy atom. The second-order valence-corrected chi connectivity index (χ2v) is 3.96. The van der Waals surface area contributed by atoms with Crippen molar-refractivity contribution in [2.24, 2.45) is 5.73 Å². The van der Waals surface area contributed by atoms with Crippen LogP contribution in [-0.4, -0.2) is 25.2 Å². The molecule has 0 heterocycles.